The molecule has 9 nitrogen and oxygen atoms in total. The molecule has 0 bridgehead atoms. The Kier molecular flexibility index (Phi) is 5.30. The first-order valence-electron chi connectivity index (χ1n) is 8.02. The Bertz CT molecular complexity index is 689. The van der Waals surface area contributed by atoms with Crippen molar-refractivity contribution in [1.82, 2.24) is 9.80 Å². The second kappa shape index (κ2) is 6.80. The lowest BCUT2D eigenvalue weighted by molar-refractivity contribution is -0.133. The Balaban J connectivity index is 2.20. The quantitative estimate of drug-likeness (QED) is 0.406. The Hall–Kier alpha value is -1.86. The second-order valence-electron chi connectivity index (χ2n) is 7.35. The summed E-state index contributed by atoms with van der Waals surface area (Å²) < 4.78 is 33.0. The minimum Gasteiger partial charge on any atom is -0.444 e. The maximum Gasteiger partial charge on any atom is 0.411 e. The SMILES string of the molecule is CC(C)(C)OC(=O)N1CC(OS(C)(=O)=O)CC1C(=O)N(C#N)C1CC1. The molecule has 0 N–H and O–H groups in total. The van der Waals surface area contributed by atoms with Crippen molar-refractivity contribution >= 4 is 22.1 Å². The summed E-state index contributed by atoms with van der Waals surface area (Å²) in [6.45, 7) is 4.97. The molecule has 2 unspecified atom stereocenters. The number of rotatable bonds is 4. The van der Waals surface area contributed by atoms with E-state index in [-0.39, 0.29) is 19.0 Å². The number of hydrogen-bond acceptors (Lipinski definition) is 7. The molecule has 140 valence electrons. The van der Waals surface area contributed by atoms with Crippen molar-refractivity contribution in [1.29, 1.82) is 5.26 Å². The van der Waals surface area contributed by atoms with Gasteiger partial charge < -0.3 is 4.74 Å². The third kappa shape index (κ3) is 5.31. The number of amides is 2. The van der Waals surface area contributed by atoms with Gasteiger partial charge in [-0.25, -0.2) is 9.69 Å². The van der Waals surface area contributed by atoms with Gasteiger partial charge in [0, 0.05) is 12.5 Å². The fourth-order valence-electron chi connectivity index (χ4n) is 2.67. The van der Waals surface area contributed by atoms with Crippen molar-refractivity contribution in [2.75, 3.05) is 12.8 Å². The first-order chi connectivity index (χ1) is 11.4. The van der Waals surface area contributed by atoms with Gasteiger partial charge in [-0.3, -0.25) is 13.9 Å². The van der Waals surface area contributed by atoms with Gasteiger partial charge in [0.2, 0.25) is 0 Å². The van der Waals surface area contributed by atoms with Crippen LogP contribution in [0, 0.1) is 11.5 Å². The molecular formula is C15H23N3O6S. The fourth-order valence-corrected chi connectivity index (χ4v) is 3.31. The van der Waals surface area contributed by atoms with Gasteiger partial charge in [-0.2, -0.15) is 13.7 Å². The summed E-state index contributed by atoms with van der Waals surface area (Å²) in [6.07, 6.45) is 2.65. The summed E-state index contributed by atoms with van der Waals surface area (Å²) in [5.74, 6) is -0.532. The molecule has 0 aromatic rings. The number of carbonyl (C=O) groups is 2. The first-order valence-corrected chi connectivity index (χ1v) is 9.83. The maximum absolute atomic E-state index is 12.7. The van der Waals surface area contributed by atoms with Crippen LogP contribution in [0.4, 0.5) is 4.79 Å². The van der Waals surface area contributed by atoms with Gasteiger partial charge in [-0.15, -0.1) is 0 Å². The average molecular weight is 373 g/mol. The van der Waals surface area contributed by atoms with E-state index in [0.717, 1.165) is 28.9 Å². The standard InChI is InChI=1S/C15H23N3O6S/c1-15(2,3)23-14(20)17-8-11(24-25(4,21)22)7-12(17)13(19)18(9-16)10-5-6-10/h10-12H,5-8H2,1-4H3. The van der Waals surface area contributed by atoms with Crippen LogP contribution in [0.1, 0.15) is 40.0 Å². The third-order valence-electron chi connectivity index (χ3n) is 3.74. The van der Waals surface area contributed by atoms with Crippen molar-refractivity contribution in [3.63, 3.8) is 0 Å². The molecule has 1 aliphatic carbocycles. The molecule has 10 heteroatoms. The normalized spacial score (nSPS) is 23.9. The highest BCUT2D eigenvalue weighted by atomic mass is 32.2. The summed E-state index contributed by atoms with van der Waals surface area (Å²) in [6, 6.07) is -1.13. The summed E-state index contributed by atoms with van der Waals surface area (Å²) in [5, 5.41) is 9.22. The predicted octanol–water partition coefficient (Wildman–Crippen LogP) is 0.813. The minimum absolute atomic E-state index is 0.00392. The van der Waals surface area contributed by atoms with E-state index in [1.165, 1.54) is 0 Å². The Morgan fingerprint density at radius 3 is 2.32 bits per heavy atom. The van der Waals surface area contributed by atoms with E-state index in [4.69, 9.17) is 8.92 Å². The predicted molar refractivity (Wildman–Crippen MR) is 86.5 cm³/mol. The van der Waals surface area contributed by atoms with E-state index in [9.17, 15) is 23.3 Å². The molecule has 1 aliphatic heterocycles. The highest BCUT2D eigenvalue weighted by molar-refractivity contribution is 7.86. The zero-order chi connectivity index (χ0) is 19.0. The van der Waals surface area contributed by atoms with Crippen LogP contribution in [-0.2, 0) is 23.8 Å². The molecule has 2 rings (SSSR count). The maximum atomic E-state index is 12.7. The molecular weight excluding hydrogens is 350 g/mol. The lowest BCUT2D eigenvalue weighted by atomic mass is 10.1. The van der Waals surface area contributed by atoms with Gasteiger partial charge >= 0.3 is 6.09 Å². The van der Waals surface area contributed by atoms with E-state index < -0.39 is 39.9 Å². The van der Waals surface area contributed by atoms with Gasteiger partial charge in [-0.05, 0) is 33.6 Å². The average Bonchev–Trinajstić information content (AvgIpc) is 3.16. The molecule has 0 spiro atoms. The van der Waals surface area contributed by atoms with Gasteiger partial charge in [0.15, 0.2) is 6.19 Å². The lowest BCUT2D eigenvalue weighted by Crippen LogP contribution is -2.48. The summed E-state index contributed by atoms with van der Waals surface area (Å²) in [5.41, 5.74) is -0.772. The molecule has 2 atom stereocenters. The van der Waals surface area contributed by atoms with Crippen LogP contribution in [0.3, 0.4) is 0 Å². The molecule has 1 saturated heterocycles. The second-order valence-corrected chi connectivity index (χ2v) is 8.95. The fraction of sp³-hybridized carbons (Fsp3) is 0.800. The van der Waals surface area contributed by atoms with E-state index in [0.29, 0.717) is 0 Å². The molecule has 2 aliphatic rings. The number of ether oxygens (including phenoxy) is 1. The van der Waals surface area contributed by atoms with Crippen molar-refractivity contribution in [3.8, 4) is 6.19 Å². The number of nitrogens with zero attached hydrogens (tertiary/aromatic N) is 3. The van der Waals surface area contributed by atoms with Crippen molar-refractivity contribution < 1.29 is 26.9 Å². The Labute approximate surface area is 147 Å². The van der Waals surface area contributed by atoms with Gasteiger partial charge in [0.25, 0.3) is 16.0 Å². The van der Waals surface area contributed by atoms with Crippen LogP contribution in [0.2, 0.25) is 0 Å². The molecule has 0 radical (unpaired) electrons. The van der Waals surface area contributed by atoms with Crippen LogP contribution in [0.25, 0.3) is 0 Å². The third-order valence-corrected chi connectivity index (χ3v) is 4.37. The molecule has 1 saturated carbocycles. The van der Waals surface area contributed by atoms with Crippen molar-refractivity contribution in [2.24, 2.45) is 0 Å². The van der Waals surface area contributed by atoms with Crippen molar-refractivity contribution in [2.45, 2.75) is 63.8 Å². The summed E-state index contributed by atoms with van der Waals surface area (Å²) >= 11 is 0. The zero-order valence-electron chi connectivity index (χ0n) is 14.8. The van der Waals surface area contributed by atoms with Gasteiger partial charge in [0.1, 0.15) is 11.6 Å². The largest absolute Gasteiger partial charge is 0.444 e. The van der Waals surface area contributed by atoms with Crippen LogP contribution >= 0.6 is 0 Å². The molecule has 2 fully saturated rings. The smallest absolute Gasteiger partial charge is 0.411 e. The zero-order valence-corrected chi connectivity index (χ0v) is 15.6. The monoisotopic (exact) mass is 373 g/mol. The van der Waals surface area contributed by atoms with E-state index in [2.05, 4.69) is 0 Å². The molecule has 25 heavy (non-hydrogen) atoms. The number of likely N-dealkylation sites (tertiary alicyclic amines) is 1. The summed E-state index contributed by atoms with van der Waals surface area (Å²) in [4.78, 5) is 27.3. The van der Waals surface area contributed by atoms with Crippen LogP contribution < -0.4 is 0 Å². The number of carbonyl (C=O) groups excluding carboxylic acids is 2. The van der Waals surface area contributed by atoms with Gasteiger partial charge in [0.05, 0.1) is 18.9 Å². The highest BCUT2D eigenvalue weighted by Gasteiger charge is 2.47. The lowest BCUT2D eigenvalue weighted by Gasteiger charge is -2.29. The van der Waals surface area contributed by atoms with Crippen LogP contribution in [-0.4, -0.2) is 66.8 Å². The Morgan fingerprint density at radius 2 is 1.88 bits per heavy atom. The highest BCUT2D eigenvalue weighted by Crippen LogP contribution is 2.31. The molecule has 2 amide bonds. The topological polar surface area (TPSA) is 117 Å². The van der Waals surface area contributed by atoms with Crippen molar-refractivity contribution in [3.05, 3.63) is 0 Å². The molecule has 0 aromatic carbocycles. The van der Waals surface area contributed by atoms with Crippen LogP contribution in [0.15, 0.2) is 0 Å². The molecule has 0 aromatic heterocycles. The Morgan fingerprint density at radius 1 is 1.28 bits per heavy atom. The van der Waals surface area contributed by atoms with E-state index >= 15 is 0 Å². The minimum atomic E-state index is -3.74. The number of nitriles is 1. The van der Waals surface area contributed by atoms with E-state index in [1.807, 2.05) is 6.19 Å². The van der Waals surface area contributed by atoms with Gasteiger partial charge in [-0.1, -0.05) is 0 Å². The molecule has 1 heterocycles. The first kappa shape index (κ1) is 19.5. The van der Waals surface area contributed by atoms with Crippen LogP contribution in [0.5, 0.6) is 0 Å². The van der Waals surface area contributed by atoms with E-state index in [1.54, 1.807) is 20.8 Å². The number of hydrogen-bond donors (Lipinski definition) is 0. The summed E-state index contributed by atoms with van der Waals surface area (Å²) in [7, 11) is -3.74.